The van der Waals surface area contributed by atoms with Gasteiger partial charge in [0.05, 0.1) is 5.54 Å². The number of carbonyl (C=O) groups is 1. The van der Waals surface area contributed by atoms with Crippen molar-refractivity contribution in [1.82, 2.24) is 4.90 Å². The molecular weight excluding hydrogens is 270 g/mol. The van der Waals surface area contributed by atoms with Gasteiger partial charge >= 0.3 is 0 Å². The zero-order chi connectivity index (χ0) is 14.2. The van der Waals surface area contributed by atoms with Gasteiger partial charge in [0.1, 0.15) is 0 Å². The smallest absolute Gasteiger partial charge is 0.183 e. The van der Waals surface area contributed by atoms with E-state index in [-0.39, 0.29) is 5.54 Å². The SMILES string of the molecule is Cc1ccc(C(=O)C2(N3CCCC3)CCCC2)cc1Cl. The summed E-state index contributed by atoms with van der Waals surface area (Å²) in [7, 11) is 0. The quantitative estimate of drug-likeness (QED) is 0.776. The van der Waals surface area contributed by atoms with Gasteiger partial charge in [-0.05, 0) is 57.3 Å². The van der Waals surface area contributed by atoms with E-state index in [1.807, 2.05) is 25.1 Å². The molecule has 2 aliphatic rings. The number of aryl methyl sites for hydroxylation is 1. The molecule has 2 fully saturated rings. The van der Waals surface area contributed by atoms with E-state index >= 15 is 0 Å². The molecule has 20 heavy (non-hydrogen) atoms. The molecule has 0 spiro atoms. The molecule has 0 amide bonds. The average Bonchev–Trinajstić information content (AvgIpc) is 3.12. The van der Waals surface area contributed by atoms with Crippen LogP contribution in [-0.4, -0.2) is 29.3 Å². The highest BCUT2D eigenvalue weighted by Gasteiger charge is 2.46. The van der Waals surface area contributed by atoms with Gasteiger partial charge in [0.2, 0.25) is 0 Å². The van der Waals surface area contributed by atoms with E-state index in [0.29, 0.717) is 10.8 Å². The number of nitrogens with zero attached hydrogens (tertiary/aromatic N) is 1. The third-order valence-electron chi connectivity index (χ3n) is 5.00. The van der Waals surface area contributed by atoms with Crippen molar-refractivity contribution in [3.8, 4) is 0 Å². The zero-order valence-electron chi connectivity index (χ0n) is 12.1. The first-order valence-corrected chi connectivity index (χ1v) is 8.07. The van der Waals surface area contributed by atoms with E-state index < -0.39 is 0 Å². The van der Waals surface area contributed by atoms with Crippen LogP contribution in [0.5, 0.6) is 0 Å². The zero-order valence-corrected chi connectivity index (χ0v) is 12.9. The van der Waals surface area contributed by atoms with Gasteiger partial charge in [-0.15, -0.1) is 0 Å². The Morgan fingerprint density at radius 2 is 1.80 bits per heavy atom. The predicted molar refractivity (Wildman–Crippen MR) is 82.5 cm³/mol. The van der Waals surface area contributed by atoms with Crippen molar-refractivity contribution in [1.29, 1.82) is 0 Å². The van der Waals surface area contributed by atoms with E-state index in [1.165, 1.54) is 25.7 Å². The maximum Gasteiger partial charge on any atom is 0.183 e. The van der Waals surface area contributed by atoms with Gasteiger partial charge in [-0.3, -0.25) is 9.69 Å². The van der Waals surface area contributed by atoms with Crippen LogP contribution >= 0.6 is 11.6 Å². The molecule has 0 radical (unpaired) electrons. The van der Waals surface area contributed by atoms with Gasteiger partial charge in [0, 0.05) is 10.6 Å². The lowest BCUT2D eigenvalue weighted by Gasteiger charge is -2.37. The Balaban J connectivity index is 1.94. The number of ketones is 1. The Hall–Kier alpha value is -0.860. The fraction of sp³-hybridized carbons (Fsp3) is 0.588. The lowest BCUT2D eigenvalue weighted by molar-refractivity contribution is 0.0626. The molecule has 3 rings (SSSR count). The first-order chi connectivity index (χ1) is 9.63. The van der Waals surface area contributed by atoms with Gasteiger partial charge < -0.3 is 0 Å². The Morgan fingerprint density at radius 1 is 1.15 bits per heavy atom. The predicted octanol–water partition coefficient (Wildman–Crippen LogP) is 4.24. The minimum Gasteiger partial charge on any atom is -0.292 e. The molecule has 1 aliphatic heterocycles. The molecule has 1 saturated heterocycles. The van der Waals surface area contributed by atoms with E-state index in [9.17, 15) is 4.79 Å². The van der Waals surface area contributed by atoms with Crippen LogP contribution in [0, 0.1) is 6.92 Å². The summed E-state index contributed by atoms with van der Waals surface area (Å²) < 4.78 is 0. The number of likely N-dealkylation sites (tertiary alicyclic amines) is 1. The molecule has 3 heteroatoms. The van der Waals surface area contributed by atoms with Crippen LogP contribution in [0.3, 0.4) is 0 Å². The highest BCUT2D eigenvalue weighted by molar-refractivity contribution is 6.31. The van der Waals surface area contributed by atoms with Crippen LogP contribution in [0.1, 0.15) is 54.4 Å². The van der Waals surface area contributed by atoms with Crippen LogP contribution in [0.15, 0.2) is 18.2 Å². The van der Waals surface area contributed by atoms with Crippen molar-refractivity contribution in [2.75, 3.05) is 13.1 Å². The number of halogens is 1. The van der Waals surface area contributed by atoms with E-state index in [2.05, 4.69) is 4.90 Å². The first-order valence-electron chi connectivity index (χ1n) is 7.69. The fourth-order valence-corrected chi connectivity index (χ4v) is 3.98. The van der Waals surface area contributed by atoms with Crippen molar-refractivity contribution in [3.63, 3.8) is 0 Å². The molecular formula is C17H22ClNO. The first kappa shape index (κ1) is 14.1. The Morgan fingerprint density at radius 3 is 2.40 bits per heavy atom. The summed E-state index contributed by atoms with van der Waals surface area (Å²) >= 11 is 6.20. The minimum atomic E-state index is -0.241. The molecule has 0 N–H and O–H groups in total. The normalized spacial score (nSPS) is 22.3. The molecule has 0 bridgehead atoms. The number of hydrogen-bond acceptors (Lipinski definition) is 2. The second-order valence-electron chi connectivity index (χ2n) is 6.23. The summed E-state index contributed by atoms with van der Waals surface area (Å²) in [5, 5.41) is 0.699. The van der Waals surface area contributed by atoms with Crippen molar-refractivity contribution in [2.45, 2.75) is 51.0 Å². The van der Waals surface area contributed by atoms with Gasteiger partial charge in [-0.25, -0.2) is 0 Å². The Labute approximate surface area is 126 Å². The third kappa shape index (κ3) is 2.29. The molecule has 1 aromatic rings. The average molecular weight is 292 g/mol. The molecule has 108 valence electrons. The Kier molecular flexibility index (Phi) is 3.87. The van der Waals surface area contributed by atoms with Gasteiger partial charge in [0.15, 0.2) is 5.78 Å². The van der Waals surface area contributed by atoms with E-state index in [4.69, 9.17) is 11.6 Å². The monoisotopic (exact) mass is 291 g/mol. The molecule has 0 aromatic heterocycles. The second kappa shape index (κ2) is 5.50. The molecule has 2 nitrogen and oxygen atoms in total. The van der Waals surface area contributed by atoms with Crippen LogP contribution in [0.4, 0.5) is 0 Å². The number of hydrogen-bond donors (Lipinski definition) is 0. The van der Waals surface area contributed by atoms with Gasteiger partial charge in [-0.1, -0.05) is 36.6 Å². The lowest BCUT2D eigenvalue weighted by atomic mass is 9.85. The van der Waals surface area contributed by atoms with E-state index in [1.54, 1.807) is 0 Å². The maximum atomic E-state index is 13.1. The van der Waals surface area contributed by atoms with Crippen molar-refractivity contribution >= 4 is 17.4 Å². The van der Waals surface area contributed by atoms with Gasteiger partial charge in [0.25, 0.3) is 0 Å². The number of carbonyl (C=O) groups excluding carboxylic acids is 1. The van der Waals surface area contributed by atoms with Crippen molar-refractivity contribution in [2.24, 2.45) is 0 Å². The molecule has 1 saturated carbocycles. The van der Waals surface area contributed by atoms with Crippen LogP contribution in [0.2, 0.25) is 5.02 Å². The number of rotatable bonds is 3. The summed E-state index contributed by atoms with van der Waals surface area (Å²) in [6.07, 6.45) is 6.81. The summed E-state index contributed by atoms with van der Waals surface area (Å²) in [4.78, 5) is 15.6. The highest BCUT2D eigenvalue weighted by Crippen LogP contribution is 2.40. The molecule has 1 aliphatic carbocycles. The van der Waals surface area contributed by atoms with Crippen molar-refractivity contribution < 1.29 is 4.79 Å². The summed E-state index contributed by atoms with van der Waals surface area (Å²) in [5.41, 5.74) is 1.58. The number of benzene rings is 1. The maximum absolute atomic E-state index is 13.1. The molecule has 1 aromatic carbocycles. The standard InChI is InChI=1S/C17H22ClNO/c1-13-6-7-14(12-15(13)18)16(20)17(8-2-3-9-17)19-10-4-5-11-19/h6-7,12H,2-5,8-11H2,1H3. The second-order valence-corrected chi connectivity index (χ2v) is 6.63. The largest absolute Gasteiger partial charge is 0.292 e. The molecule has 0 atom stereocenters. The topological polar surface area (TPSA) is 20.3 Å². The Bertz CT molecular complexity index is 514. The summed E-state index contributed by atoms with van der Waals surface area (Å²) in [6, 6.07) is 5.76. The number of Topliss-reactive ketones (excluding diaryl/α,β-unsaturated/α-hetero) is 1. The lowest BCUT2D eigenvalue weighted by Crippen LogP contribution is -2.51. The van der Waals surface area contributed by atoms with Crippen molar-refractivity contribution in [3.05, 3.63) is 34.3 Å². The van der Waals surface area contributed by atoms with Gasteiger partial charge in [-0.2, -0.15) is 0 Å². The summed E-state index contributed by atoms with van der Waals surface area (Å²) in [6.45, 7) is 4.12. The van der Waals surface area contributed by atoms with Crippen LogP contribution < -0.4 is 0 Å². The minimum absolute atomic E-state index is 0.241. The third-order valence-corrected chi connectivity index (χ3v) is 5.41. The molecule has 0 unspecified atom stereocenters. The van der Waals surface area contributed by atoms with Crippen LogP contribution in [-0.2, 0) is 0 Å². The van der Waals surface area contributed by atoms with Crippen LogP contribution in [0.25, 0.3) is 0 Å². The highest BCUT2D eigenvalue weighted by atomic mass is 35.5. The fourth-order valence-electron chi connectivity index (χ4n) is 3.79. The molecule has 1 heterocycles. The van der Waals surface area contributed by atoms with E-state index in [0.717, 1.165) is 37.1 Å². The summed E-state index contributed by atoms with van der Waals surface area (Å²) in [5.74, 6) is 0.291.